The van der Waals surface area contributed by atoms with Gasteiger partial charge >= 0.3 is 6.18 Å². The van der Waals surface area contributed by atoms with Crippen molar-refractivity contribution in [2.24, 2.45) is 0 Å². The van der Waals surface area contributed by atoms with Gasteiger partial charge in [0, 0.05) is 5.56 Å². The highest BCUT2D eigenvalue weighted by atomic mass is 19.4. The maximum absolute atomic E-state index is 13.9. The lowest BCUT2D eigenvalue weighted by atomic mass is 10.1. The standard InChI is InChI=1S/C16H11F4N3/c1-10-2-4-11(5-3-10)14-9-23(22-21-14)15-7-6-12(8-13(15)17)16(18,19)20/h2-9H,1H3. The Morgan fingerprint density at radius 1 is 1.00 bits per heavy atom. The summed E-state index contributed by atoms with van der Waals surface area (Å²) in [4.78, 5) is 0. The number of aryl methyl sites for hydroxylation is 1. The fourth-order valence-corrected chi connectivity index (χ4v) is 2.11. The van der Waals surface area contributed by atoms with Crippen LogP contribution in [-0.4, -0.2) is 15.0 Å². The molecule has 2 aromatic carbocycles. The molecule has 3 nitrogen and oxygen atoms in total. The third-order valence-corrected chi connectivity index (χ3v) is 3.36. The molecule has 1 heterocycles. The molecule has 0 radical (unpaired) electrons. The molecular weight excluding hydrogens is 310 g/mol. The number of aromatic nitrogens is 3. The molecule has 7 heteroatoms. The van der Waals surface area contributed by atoms with Gasteiger partial charge in [0.2, 0.25) is 0 Å². The van der Waals surface area contributed by atoms with Crippen LogP contribution in [0, 0.1) is 12.7 Å². The van der Waals surface area contributed by atoms with Gasteiger partial charge in [-0.25, -0.2) is 9.07 Å². The van der Waals surface area contributed by atoms with Crippen LogP contribution in [0.15, 0.2) is 48.7 Å². The second-order valence-corrected chi connectivity index (χ2v) is 5.08. The van der Waals surface area contributed by atoms with Gasteiger partial charge in [-0.2, -0.15) is 13.2 Å². The van der Waals surface area contributed by atoms with E-state index in [0.29, 0.717) is 11.8 Å². The number of alkyl halides is 3. The normalized spacial score (nSPS) is 11.7. The van der Waals surface area contributed by atoms with E-state index in [0.717, 1.165) is 27.9 Å². The van der Waals surface area contributed by atoms with Crippen LogP contribution in [0.3, 0.4) is 0 Å². The first-order chi connectivity index (χ1) is 10.8. The third kappa shape index (κ3) is 3.08. The zero-order chi connectivity index (χ0) is 16.6. The minimum absolute atomic E-state index is 0.0936. The van der Waals surface area contributed by atoms with Crippen LogP contribution in [0.5, 0.6) is 0 Å². The van der Waals surface area contributed by atoms with E-state index in [9.17, 15) is 17.6 Å². The van der Waals surface area contributed by atoms with Crippen molar-refractivity contribution in [3.05, 3.63) is 65.6 Å². The fourth-order valence-electron chi connectivity index (χ4n) is 2.11. The molecule has 0 N–H and O–H groups in total. The molecule has 0 aliphatic rings. The van der Waals surface area contributed by atoms with E-state index >= 15 is 0 Å². The smallest absolute Gasteiger partial charge is 0.217 e. The van der Waals surface area contributed by atoms with Gasteiger partial charge in [-0.1, -0.05) is 35.0 Å². The van der Waals surface area contributed by atoms with Crippen molar-refractivity contribution in [2.75, 3.05) is 0 Å². The monoisotopic (exact) mass is 321 g/mol. The first kappa shape index (κ1) is 15.2. The molecule has 0 fully saturated rings. The van der Waals surface area contributed by atoms with Crippen molar-refractivity contribution in [2.45, 2.75) is 13.1 Å². The molecule has 23 heavy (non-hydrogen) atoms. The average molecular weight is 321 g/mol. The molecule has 3 aromatic rings. The maximum Gasteiger partial charge on any atom is 0.416 e. The van der Waals surface area contributed by atoms with Gasteiger partial charge < -0.3 is 0 Å². The zero-order valence-corrected chi connectivity index (χ0v) is 12.0. The zero-order valence-electron chi connectivity index (χ0n) is 12.0. The summed E-state index contributed by atoms with van der Waals surface area (Å²) in [6.45, 7) is 1.94. The summed E-state index contributed by atoms with van der Waals surface area (Å²) >= 11 is 0. The summed E-state index contributed by atoms with van der Waals surface area (Å²) in [6, 6.07) is 9.76. The number of nitrogens with zero attached hydrogens (tertiary/aromatic N) is 3. The molecule has 0 unspecified atom stereocenters. The summed E-state index contributed by atoms with van der Waals surface area (Å²) in [5, 5.41) is 7.71. The topological polar surface area (TPSA) is 30.7 Å². The Kier molecular flexibility index (Phi) is 3.63. The second kappa shape index (κ2) is 5.49. The molecular formula is C16H11F4N3. The predicted octanol–water partition coefficient (Wildman–Crippen LogP) is 4.40. The molecule has 0 aliphatic heterocycles. The SMILES string of the molecule is Cc1ccc(-c2cn(-c3ccc(C(F)(F)F)cc3F)nn2)cc1. The Labute approximate surface area is 129 Å². The Hall–Kier alpha value is -2.70. The van der Waals surface area contributed by atoms with Crippen LogP contribution in [0.1, 0.15) is 11.1 Å². The van der Waals surface area contributed by atoms with Gasteiger partial charge in [-0.15, -0.1) is 5.10 Å². The van der Waals surface area contributed by atoms with Gasteiger partial charge in [-0.3, -0.25) is 0 Å². The van der Waals surface area contributed by atoms with Crippen LogP contribution >= 0.6 is 0 Å². The van der Waals surface area contributed by atoms with Crippen molar-refractivity contribution in [1.82, 2.24) is 15.0 Å². The van der Waals surface area contributed by atoms with E-state index in [1.807, 2.05) is 31.2 Å². The molecule has 0 saturated heterocycles. The second-order valence-electron chi connectivity index (χ2n) is 5.08. The highest BCUT2D eigenvalue weighted by molar-refractivity contribution is 5.58. The van der Waals surface area contributed by atoms with Gasteiger partial charge in [0.1, 0.15) is 17.2 Å². The van der Waals surface area contributed by atoms with Crippen molar-refractivity contribution in [1.29, 1.82) is 0 Å². The van der Waals surface area contributed by atoms with E-state index in [1.54, 1.807) is 0 Å². The summed E-state index contributed by atoms with van der Waals surface area (Å²) in [7, 11) is 0. The minimum atomic E-state index is -4.59. The molecule has 0 amide bonds. The Balaban J connectivity index is 1.96. The van der Waals surface area contributed by atoms with Crippen LogP contribution in [-0.2, 0) is 6.18 Å². The quantitative estimate of drug-likeness (QED) is 0.655. The van der Waals surface area contributed by atoms with Crippen LogP contribution in [0.2, 0.25) is 0 Å². The number of rotatable bonds is 2. The van der Waals surface area contributed by atoms with Crippen molar-refractivity contribution < 1.29 is 17.6 Å². The molecule has 118 valence electrons. The highest BCUT2D eigenvalue weighted by Crippen LogP contribution is 2.31. The van der Waals surface area contributed by atoms with Crippen molar-refractivity contribution in [3.63, 3.8) is 0 Å². The van der Waals surface area contributed by atoms with Crippen molar-refractivity contribution in [3.8, 4) is 16.9 Å². The Bertz CT molecular complexity index is 835. The van der Waals surface area contributed by atoms with E-state index in [-0.39, 0.29) is 5.69 Å². The van der Waals surface area contributed by atoms with E-state index < -0.39 is 17.6 Å². The lowest BCUT2D eigenvalue weighted by Gasteiger charge is -2.08. The Morgan fingerprint density at radius 3 is 2.30 bits per heavy atom. The summed E-state index contributed by atoms with van der Waals surface area (Å²) in [6.07, 6.45) is -3.12. The van der Waals surface area contributed by atoms with Gasteiger partial charge in [-0.05, 0) is 25.1 Å². The highest BCUT2D eigenvalue weighted by Gasteiger charge is 2.31. The summed E-state index contributed by atoms with van der Waals surface area (Å²) in [5.74, 6) is -1.01. The molecule has 1 aromatic heterocycles. The number of benzene rings is 2. The average Bonchev–Trinajstić information content (AvgIpc) is 2.96. The largest absolute Gasteiger partial charge is 0.416 e. The first-order valence-electron chi connectivity index (χ1n) is 6.71. The van der Waals surface area contributed by atoms with Gasteiger partial charge in [0.05, 0.1) is 11.8 Å². The van der Waals surface area contributed by atoms with Crippen molar-refractivity contribution >= 4 is 0 Å². The molecule has 0 saturated carbocycles. The van der Waals surface area contributed by atoms with Crippen LogP contribution in [0.4, 0.5) is 17.6 Å². The molecule has 0 bridgehead atoms. The van der Waals surface area contributed by atoms with Gasteiger partial charge in [0.15, 0.2) is 0 Å². The predicted molar refractivity (Wildman–Crippen MR) is 76.5 cm³/mol. The third-order valence-electron chi connectivity index (χ3n) is 3.36. The summed E-state index contributed by atoms with van der Waals surface area (Å²) in [5.41, 5.74) is 1.23. The van der Waals surface area contributed by atoms with Crippen LogP contribution < -0.4 is 0 Å². The Morgan fingerprint density at radius 2 is 1.70 bits per heavy atom. The number of halogens is 4. The molecule has 3 rings (SSSR count). The molecule has 0 spiro atoms. The number of hydrogen-bond acceptors (Lipinski definition) is 2. The number of hydrogen-bond donors (Lipinski definition) is 0. The van der Waals surface area contributed by atoms with E-state index in [2.05, 4.69) is 10.3 Å². The van der Waals surface area contributed by atoms with E-state index in [1.165, 1.54) is 6.20 Å². The maximum atomic E-state index is 13.9. The lowest BCUT2D eigenvalue weighted by molar-refractivity contribution is -0.137. The minimum Gasteiger partial charge on any atom is -0.217 e. The van der Waals surface area contributed by atoms with Gasteiger partial charge in [0.25, 0.3) is 0 Å². The van der Waals surface area contributed by atoms with Crippen LogP contribution in [0.25, 0.3) is 16.9 Å². The molecule has 0 aliphatic carbocycles. The lowest BCUT2D eigenvalue weighted by Crippen LogP contribution is -2.07. The first-order valence-corrected chi connectivity index (χ1v) is 6.71. The fraction of sp³-hybridized carbons (Fsp3) is 0.125. The van der Waals surface area contributed by atoms with E-state index in [4.69, 9.17) is 0 Å². The summed E-state index contributed by atoms with van der Waals surface area (Å²) < 4.78 is 52.7. The molecule has 0 atom stereocenters.